The molecule has 0 radical (unpaired) electrons. The third-order valence-electron chi connectivity index (χ3n) is 4.47. The number of carbonyl (C=O) groups is 1. The summed E-state index contributed by atoms with van der Waals surface area (Å²) in [4.78, 5) is 33.1. The number of hydrogen-bond acceptors (Lipinski definition) is 8. The minimum Gasteiger partial charge on any atom is -0.338 e. The molecule has 0 saturated carbocycles. The molecule has 9 nitrogen and oxygen atoms in total. The number of nitrogens with one attached hydrogen (secondary N) is 1. The molecule has 3 aromatic rings. The van der Waals surface area contributed by atoms with Gasteiger partial charge in [0.1, 0.15) is 4.88 Å². The molecule has 26 heavy (non-hydrogen) atoms. The van der Waals surface area contributed by atoms with E-state index in [0.717, 1.165) is 24.4 Å². The predicted molar refractivity (Wildman–Crippen MR) is 92.9 cm³/mol. The van der Waals surface area contributed by atoms with Gasteiger partial charge in [-0.1, -0.05) is 9.64 Å². The summed E-state index contributed by atoms with van der Waals surface area (Å²) in [6, 6.07) is 3.06. The highest BCUT2D eigenvalue weighted by molar-refractivity contribution is 7.07. The highest BCUT2D eigenvalue weighted by Gasteiger charge is 2.29. The Bertz CT molecular complexity index is 965. The number of aromatic amines is 1. The molecule has 1 fully saturated rings. The Morgan fingerprint density at radius 1 is 1.35 bits per heavy atom. The zero-order valence-electron chi connectivity index (χ0n) is 14.0. The Morgan fingerprint density at radius 3 is 2.81 bits per heavy atom. The summed E-state index contributed by atoms with van der Waals surface area (Å²) < 4.78 is 9.14. The Hall–Kier alpha value is -2.88. The summed E-state index contributed by atoms with van der Waals surface area (Å²) >= 11 is 1.13. The lowest BCUT2D eigenvalue weighted by atomic mass is 9.96. The van der Waals surface area contributed by atoms with Crippen LogP contribution in [0.15, 0.2) is 27.6 Å². The lowest BCUT2D eigenvalue weighted by Crippen LogP contribution is -2.38. The summed E-state index contributed by atoms with van der Waals surface area (Å²) in [6.07, 6.45) is 3.08. The van der Waals surface area contributed by atoms with Gasteiger partial charge in [0.05, 0.1) is 11.3 Å². The van der Waals surface area contributed by atoms with Gasteiger partial charge in [0.15, 0.2) is 5.82 Å². The van der Waals surface area contributed by atoms with Gasteiger partial charge in [-0.3, -0.25) is 9.59 Å². The first-order valence-corrected chi connectivity index (χ1v) is 9.00. The van der Waals surface area contributed by atoms with E-state index in [1.54, 1.807) is 19.2 Å². The van der Waals surface area contributed by atoms with E-state index in [1.165, 1.54) is 6.07 Å². The monoisotopic (exact) mass is 372 g/mol. The third-order valence-corrected chi connectivity index (χ3v) is 5.28. The van der Waals surface area contributed by atoms with Gasteiger partial charge < -0.3 is 14.4 Å². The molecule has 134 valence electrons. The van der Waals surface area contributed by atoms with E-state index in [2.05, 4.69) is 24.7 Å². The molecule has 0 spiro atoms. The van der Waals surface area contributed by atoms with Crippen LogP contribution in [0.2, 0.25) is 0 Å². The fourth-order valence-electron chi connectivity index (χ4n) is 2.97. The molecule has 0 bridgehead atoms. The zero-order chi connectivity index (χ0) is 18.1. The van der Waals surface area contributed by atoms with E-state index in [-0.39, 0.29) is 17.4 Å². The fourth-order valence-corrected chi connectivity index (χ4v) is 3.60. The number of H-pyrrole nitrogens is 1. The molecule has 3 aromatic heterocycles. The number of hydrogen-bond donors (Lipinski definition) is 1. The van der Waals surface area contributed by atoms with E-state index >= 15 is 0 Å². The Morgan fingerprint density at radius 2 is 2.15 bits per heavy atom. The molecular weight excluding hydrogens is 356 g/mol. The van der Waals surface area contributed by atoms with Crippen molar-refractivity contribution in [3.05, 3.63) is 45.1 Å². The number of rotatable bonds is 3. The Kier molecular flexibility index (Phi) is 4.33. The van der Waals surface area contributed by atoms with Crippen LogP contribution in [0.4, 0.5) is 0 Å². The van der Waals surface area contributed by atoms with Crippen molar-refractivity contribution in [2.45, 2.75) is 25.7 Å². The number of amides is 1. The lowest BCUT2D eigenvalue weighted by Gasteiger charge is -2.30. The van der Waals surface area contributed by atoms with Crippen molar-refractivity contribution in [1.82, 2.24) is 29.6 Å². The van der Waals surface area contributed by atoms with E-state index in [4.69, 9.17) is 4.52 Å². The van der Waals surface area contributed by atoms with Crippen molar-refractivity contribution >= 4 is 17.4 Å². The quantitative estimate of drug-likeness (QED) is 0.742. The third kappa shape index (κ3) is 3.15. The van der Waals surface area contributed by atoms with Crippen LogP contribution >= 0.6 is 11.5 Å². The summed E-state index contributed by atoms with van der Waals surface area (Å²) in [6.45, 7) is 3.05. The van der Waals surface area contributed by atoms with Crippen molar-refractivity contribution in [3.8, 4) is 11.5 Å². The molecule has 0 aliphatic carbocycles. The van der Waals surface area contributed by atoms with Gasteiger partial charge in [-0.15, -0.1) is 5.10 Å². The van der Waals surface area contributed by atoms with Crippen LogP contribution in [0.3, 0.4) is 0 Å². The van der Waals surface area contributed by atoms with Crippen molar-refractivity contribution in [2.75, 3.05) is 13.1 Å². The molecule has 4 rings (SSSR count). The lowest BCUT2D eigenvalue weighted by molar-refractivity contribution is 0.0714. The maximum Gasteiger partial charge on any atom is 0.267 e. The van der Waals surface area contributed by atoms with Crippen LogP contribution in [0.5, 0.6) is 0 Å². The molecule has 1 aliphatic rings. The summed E-state index contributed by atoms with van der Waals surface area (Å²) in [5.41, 5.74) is 1.16. The van der Waals surface area contributed by atoms with Crippen LogP contribution in [-0.2, 0) is 0 Å². The van der Waals surface area contributed by atoms with Crippen LogP contribution in [0, 0.1) is 6.92 Å². The number of aryl methyl sites for hydroxylation is 1. The standard InChI is InChI=1S/C16H16N6O3S/c1-9-13(26-21-19-9)16(24)22-6-4-10(5-7-22)14-18-15(25-20-14)11-2-3-12(23)17-8-11/h2-3,8,10H,4-7H2,1H3,(H,17,23). The minimum absolute atomic E-state index is 0.0157. The largest absolute Gasteiger partial charge is 0.338 e. The molecule has 0 aromatic carbocycles. The van der Waals surface area contributed by atoms with Crippen LogP contribution < -0.4 is 5.56 Å². The second-order valence-corrected chi connectivity index (χ2v) is 6.91. The van der Waals surface area contributed by atoms with Gasteiger partial charge in [-0.2, -0.15) is 4.98 Å². The molecule has 1 aliphatic heterocycles. The van der Waals surface area contributed by atoms with Crippen LogP contribution in [0.25, 0.3) is 11.5 Å². The van der Waals surface area contributed by atoms with E-state index < -0.39 is 0 Å². The van der Waals surface area contributed by atoms with Crippen molar-refractivity contribution in [3.63, 3.8) is 0 Å². The van der Waals surface area contributed by atoms with Gasteiger partial charge in [0, 0.05) is 31.3 Å². The van der Waals surface area contributed by atoms with Gasteiger partial charge >= 0.3 is 0 Å². The molecule has 0 atom stereocenters. The van der Waals surface area contributed by atoms with E-state index in [1.807, 2.05) is 4.90 Å². The van der Waals surface area contributed by atoms with E-state index in [9.17, 15) is 9.59 Å². The van der Waals surface area contributed by atoms with Gasteiger partial charge in [-0.25, -0.2) is 0 Å². The summed E-state index contributed by atoms with van der Waals surface area (Å²) in [7, 11) is 0. The maximum absolute atomic E-state index is 12.5. The SMILES string of the molecule is Cc1nnsc1C(=O)N1CCC(c2noc(-c3ccc(=O)[nH]c3)n2)CC1. The highest BCUT2D eigenvalue weighted by atomic mass is 32.1. The topological polar surface area (TPSA) is 118 Å². The highest BCUT2D eigenvalue weighted by Crippen LogP contribution is 2.28. The molecule has 1 amide bonds. The first-order valence-electron chi connectivity index (χ1n) is 8.23. The Balaban J connectivity index is 1.42. The molecular formula is C16H16N6O3S. The smallest absolute Gasteiger partial charge is 0.267 e. The number of aromatic nitrogens is 5. The second kappa shape index (κ2) is 6.79. The summed E-state index contributed by atoms with van der Waals surface area (Å²) in [5.74, 6) is 1.13. The zero-order valence-corrected chi connectivity index (χ0v) is 14.8. The number of likely N-dealkylation sites (tertiary alicyclic amines) is 1. The van der Waals surface area contributed by atoms with Crippen LogP contribution in [0.1, 0.15) is 39.9 Å². The molecule has 10 heteroatoms. The maximum atomic E-state index is 12.5. The first kappa shape index (κ1) is 16.6. The van der Waals surface area contributed by atoms with Gasteiger partial charge in [-0.05, 0) is 37.4 Å². The van der Waals surface area contributed by atoms with E-state index in [0.29, 0.717) is 40.9 Å². The molecule has 1 N–H and O–H groups in total. The van der Waals surface area contributed by atoms with Crippen molar-refractivity contribution in [1.29, 1.82) is 0 Å². The number of carbonyl (C=O) groups excluding carboxylic acids is 1. The number of nitrogens with zero attached hydrogens (tertiary/aromatic N) is 5. The minimum atomic E-state index is -0.183. The second-order valence-electron chi connectivity index (χ2n) is 6.15. The number of piperidine rings is 1. The van der Waals surface area contributed by atoms with Crippen LogP contribution in [-0.4, -0.2) is 48.6 Å². The predicted octanol–water partition coefficient (Wildman–Crippen LogP) is 1.60. The average Bonchev–Trinajstić information content (AvgIpc) is 3.31. The normalized spacial score (nSPS) is 15.3. The molecule has 1 saturated heterocycles. The first-order chi connectivity index (χ1) is 12.6. The average molecular weight is 372 g/mol. The van der Waals surface area contributed by atoms with Crippen molar-refractivity contribution < 1.29 is 9.32 Å². The van der Waals surface area contributed by atoms with Gasteiger partial charge in [0.2, 0.25) is 5.56 Å². The van der Waals surface area contributed by atoms with Crippen molar-refractivity contribution in [2.24, 2.45) is 0 Å². The number of pyridine rings is 1. The summed E-state index contributed by atoms with van der Waals surface area (Å²) in [5, 5.41) is 7.97. The van der Waals surface area contributed by atoms with Gasteiger partial charge in [0.25, 0.3) is 11.8 Å². The molecule has 0 unspecified atom stereocenters. The fraction of sp³-hybridized carbons (Fsp3) is 0.375. The Labute approximate surface area is 152 Å². The molecule has 4 heterocycles.